The lowest BCUT2D eigenvalue weighted by atomic mass is 9.77. The Bertz CT molecular complexity index is 644. The lowest BCUT2D eigenvalue weighted by Gasteiger charge is -2.41. The standard InChI is InChI=1S/C19H27N3O2/c1-24-16-4-2-3-15-14(16)5-6-19(15,20)17(23)22-11-8-18(9-12-22)7-10-21-13-18/h2-4,21H,5-13,20H2,1H3. The SMILES string of the molecule is COc1cccc2c1CCC2(N)C(=O)N1CCC2(CCNC2)CC1. The minimum Gasteiger partial charge on any atom is -0.496 e. The number of benzene rings is 1. The molecule has 1 aliphatic carbocycles. The van der Waals surface area contributed by atoms with E-state index >= 15 is 0 Å². The van der Waals surface area contributed by atoms with Gasteiger partial charge in [-0.1, -0.05) is 12.1 Å². The third-order valence-electron chi connectivity index (χ3n) is 6.43. The van der Waals surface area contributed by atoms with E-state index in [1.807, 2.05) is 23.1 Å². The largest absolute Gasteiger partial charge is 0.496 e. The first-order chi connectivity index (χ1) is 11.6. The maximum Gasteiger partial charge on any atom is 0.247 e. The highest BCUT2D eigenvalue weighted by molar-refractivity contribution is 5.89. The molecule has 5 nitrogen and oxygen atoms in total. The molecule has 3 aliphatic rings. The van der Waals surface area contributed by atoms with Gasteiger partial charge >= 0.3 is 0 Å². The van der Waals surface area contributed by atoms with Crippen LogP contribution in [0, 0.1) is 5.41 Å². The van der Waals surface area contributed by atoms with Gasteiger partial charge in [-0.25, -0.2) is 0 Å². The fraction of sp³-hybridized carbons (Fsp3) is 0.632. The van der Waals surface area contributed by atoms with Crippen molar-refractivity contribution in [1.29, 1.82) is 0 Å². The number of rotatable bonds is 2. The van der Waals surface area contributed by atoms with E-state index in [4.69, 9.17) is 10.5 Å². The maximum atomic E-state index is 13.2. The first-order valence-corrected chi connectivity index (χ1v) is 9.03. The number of nitrogens with one attached hydrogen (secondary N) is 1. The van der Waals surface area contributed by atoms with Gasteiger partial charge in [-0.15, -0.1) is 0 Å². The van der Waals surface area contributed by atoms with E-state index in [9.17, 15) is 4.79 Å². The second-order valence-electron chi connectivity index (χ2n) is 7.68. The molecule has 0 aromatic heterocycles. The number of methoxy groups -OCH3 is 1. The average Bonchev–Trinajstić information content (AvgIpc) is 3.21. The predicted molar refractivity (Wildman–Crippen MR) is 92.9 cm³/mol. The minimum atomic E-state index is -0.887. The van der Waals surface area contributed by atoms with E-state index < -0.39 is 5.54 Å². The van der Waals surface area contributed by atoms with Gasteiger partial charge in [0.2, 0.25) is 5.91 Å². The van der Waals surface area contributed by atoms with Gasteiger partial charge < -0.3 is 20.7 Å². The topological polar surface area (TPSA) is 67.6 Å². The summed E-state index contributed by atoms with van der Waals surface area (Å²) in [6, 6.07) is 5.88. The Kier molecular flexibility index (Phi) is 3.81. The number of hydrogen-bond acceptors (Lipinski definition) is 4. The molecule has 0 bridgehead atoms. The highest BCUT2D eigenvalue weighted by Crippen LogP contribution is 2.42. The van der Waals surface area contributed by atoms with Crippen molar-refractivity contribution in [3.63, 3.8) is 0 Å². The van der Waals surface area contributed by atoms with Gasteiger partial charge in [0.05, 0.1) is 7.11 Å². The van der Waals surface area contributed by atoms with Gasteiger partial charge in [-0.3, -0.25) is 4.79 Å². The molecule has 2 saturated heterocycles. The molecule has 2 heterocycles. The number of nitrogens with two attached hydrogens (primary N) is 1. The summed E-state index contributed by atoms with van der Waals surface area (Å²) in [4.78, 5) is 15.2. The monoisotopic (exact) mass is 329 g/mol. The second-order valence-corrected chi connectivity index (χ2v) is 7.68. The van der Waals surface area contributed by atoms with E-state index in [-0.39, 0.29) is 5.91 Å². The third kappa shape index (κ3) is 2.33. The van der Waals surface area contributed by atoms with Crippen LogP contribution in [0.2, 0.25) is 0 Å². The highest BCUT2D eigenvalue weighted by Gasteiger charge is 2.47. The van der Waals surface area contributed by atoms with E-state index in [2.05, 4.69) is 5.32 Å². The Morgan fingerprint density at radius 3 is 2.71 bits per heavy atom. The Hall–Kier alpha value is -1.59. The van der Waals surface area contributed by atoms with Crippen molar-refractivity contribution in [2.24, 2.45) is 11.1 Å². The molecule has 130 valence electrons. The van der Waals surface area contributed by atoms with Crippen molar-refractivity contribution in [2.75, 3.05) is 33.3 Å². The summed E-state index contributed by atoms with van der Waals surface area (Å²) in [7, 11) is 1.67. The van der Waals surface area contributed by atoms with Crippen LogP contribution in [0.15, 0.2) is 18.2 Å². The zero-order valence-corrected chi connectivity index (χ0v) is 14.4. The zero-order chi connectivity index (χ0) is 16.8. The molecule has 1 atom stereocenters. The van der Waals surface area contributed by atoms with Crippen LogP contribution in [0.1, 0.15) is 36.8 Å². The van der Waals surface area contributed by atoms with Gasteiger partial charge in [0, 0.05) is 19.6 Å². The molecular weight excluding hydrogens is 302 g/mol. The number of fused-ring (bicyclic) bond motifs is 1. The Morgan fingerprint density at radius 2 is 2.04 bits per heavy atom. The minimum absolute atomic E-state index is 0.0929. The number of ether oxygens (including phenoxy) is 1. The summed E-state index contributed by atoms with van der Waals surface area (Å²) in [5.74, 6) is 0.942. The first-order valence-electron chi connectivity index (χ1n) is 9.03. The van der Waals surface area contributed by atoms with Gasteiger partial charge in [-0.2, -0.15) is 0 Å². The van der Waals surface area contributed by atoms with E-state index in [0.717, 1.165) is 62.3 Å². The number of piperidine rings is 1. The Morgan fingerprint density at radius 1 is 1.25 bits per heavy atom. The average molecular weight is 329 g/mol. The molecule has 1 aromatic rings. The fourth-order valence-corrected chi connectivity index (χ4v) is 4.80. The molecule has 0 saturated carbocycles. The van der Waals surface area contributed by atoms with Gasteiger partial charge in [0.1, 0.15) is 11.3 Å². The first kappa shape index (κ1) is 15.9. The van der Waals surface area contributed by atoms with E-state index in [1.165, 1.54) is 6.42 Å². The summed E-state index contributed by atoms with van der Waals surface area (Å²) in [6.07, 6.45) is 4.90. The van der Waals surface area contributed by atoms with Crippen molar-refractivity contribution in [1.82, 2.24) is 10.2 Å². The van der Waals surface area contributed by atoms with Crippen molar-refractivity contribution >= 4 is 5.91 Å². The Labute approximate surface area is 143 Å². The molecule has 5 heteroatoms. The number of hydrogen-bond donors (Lipinski definition) is 2. The van der Waals surface area contributed by atoms with Crippen LogP contribution >= 0.6 is 0 Å². The van der Waals surface area contributed by atoms with Crippen LogP contribution in [0.25, 0.3) is 0 Å². The highest BCUT2D eigenvalue weighted by atomic mass is 16.5. The number of carbonyl (C=O) groups excluding carboxylic acids is 1. The fourth-order valence-electron chi connectivity index (χ4n) is 4.80. The van der Waals surface area contributed by atoms with Crippen molar-refractivity contribution in [3.8, 4) is 5.75 Å². The second kappa shape index (κ2) is 5.74. The quantitative estimate of drug-likeness (QED) is 0.861. The number of nitrogens with zero attached hydrogens (tertiary/aromatic N) is 1. The molecule has 1 unspecified atom stereocenters. The molecule has 1 amide bonds. The summed E-state index contributed by atoms with van der Waals surface area (Å²) in [5, 5.41) is 3.47. The summed E-state index contributed by atoms with van der Waals surface area (Å²) in [5.41, 5.74) is 8.23. The summed E-state index contributed by atoms with van der Waals surface area (Å²) >= 11 is 0. The number of likely N-dealkylation sites (tertiary alicyclic amines) is 1. The molecule has 4 rings (SSSR count). The lowest BCUT2D eigenvalue weighted by molar-refractivity contribution is -0.139. The normalized spacial score (nSPS) is 28.2. The van der Waals surface area contributed by atoms with Crippen LogP contribution in [0.3, 0.4) is 0 Å². The molecule has 3 N–H and O–H groups in total. The molecule has 24 heavy (non-hydrogen) atoms. The third-order valence-corrected chi connectivity index (χ3v) is 6.43. The molecule has 1 aromatic carbocycles. The van der Waals surface area contributed by atoms with Gasteiger partial charge in [-0.05, 0) is 61.3 Å². The molecule has 2 aliphatic heterocycles. The summed E-state index contributed by atoms with van der Waals surface area (Å²) < 4.78 is 5.45. The van der Waals surface area contributed by atoms with Crippen molar-refractivity contribution < 1.29 is 9.53 Å². The van der Waals surface area contributed by atoms with E-state index in [1.54, 1.807) is 7.11 Å². The van der Waals surface area contributed by atoms with Gasteiger partial charge in [0.25, 0.3) is 0 Å². The predicted octanol–water partition coefficient (Wildman–Crippen LogP) is 1.40. The van der Waals surface area contributed by atoms with Crippen LogP contribution < -0.4 is 15.8 Å². The zero-order valence-electron chi connectivity index (χ0n) is 14.4. The van der Waals surface area contributed by atoms with Crippen LogP contribution in [-0.2, 0) is 16.8 Å². The molecular formula is C19H27N3O2. The van der Waals surface area contributed by atoms with Crippen molar-refractivity contribution in [2.45, 2.75) is 37.6 Å². The summed E-state index contributed by atoms with van der Waals surface area (Å²) in [6.45, 7) is 3.88. The Balaban J connectivity index is 1.54. The number of carbonyl (C=O) groups is 1. The van der Waals surface area contributed by atoms with Crippen LogP contribution in [-0.4, -0.2) is 44.1 Å². The maximum absolute atomic E-state index is 13.2. The van der Waals surface area contributed by atoms with Gasteiger partial charge in [0.15, 0.2) is 0 Å². The van der Waals surface area contributed by atoms with E-state index in [0.29, 0.717) is 11.8 Å². The lowest BCUT2D eigenvalue weighted by Crippen LogP contribution is -2.55. The van der Waals surface area contributed by atoms with Crippen molar-refractivity contribution in [3.05, 3.63) is 29.3 Å². The molecule has 1 spiro atoms. The molecule has 2 fully saturated rings. The number of amides is 1. The van der Waals surface area contributed by atoms with Crippen LogP contribution in [0.5, 0.6) is 5.75 Å². The van der Waals surface area contributed by atoms with Crippen LogP contribution in [0.4, 0.5) is 0 Å². The smallest absolute Gasteiger partial charge is 0.247 e. The molecule has 0 radical (unpaired) electrons.